The van der Waals surface area contributed by atoms with E-state index in [1.54, 1.807) is 14.1 Å². The molecule has 0 aromatic rings. The fraction of sp³-hybridized carbons (Fsp3) is 0.800. The first-order valence-corrected chi connectivity index (χ1v) is 5.14. The van der Waals surface area contributed by atoms with E-state index >= 15 is 0 Å². The minimum Gasteiger partial charge on any atom is -0.359 e. The largest absolute Gasteiger partial charge is 0.359 e. The van der Waals surface area contributed by atoms with Gasteiger partial charge in [0.1, 0.15) is 0 Å². The number of rotatable bonds is 2. The second kappa shape index (κ2) is 4.98. The van der Waals surface area contributed by atoms with Crippen molar-refractivity contribution in [2.75, 3.05) is 14.1 Å². The quantitative estimate of drug-likeness (QED) is 0.670. The average Bonchev–Trinajstić information content (AvgIpc) is 2.27. The van der Waals surface area contributed by atoms with Crippen molar-refractivity contribution in [3.63, 3.8) is 0 Å². The molecule has 2 unspecified atom stereocenters. The lowest BCUT2D eigenvalue weighted by atomic mass is 9.78. The van der Waals surface area contributed by atoms with Crippen molar-refractivity contribution in [1.82, 2.24) is 10.6 Å². The van der Waals surface area contributed by atoms with E-state index in [1.165, 1.54) is 0 Å². The van der Waals surface area contributed by atoms with Gasteiger partial charge in [-0.15, -0.1) is 0 Å². The van der Waals surface area contributed by atoms with Crippen molar-refractivity contribution in [1.29, 1.82) is 0 Å². The minimum atomic E-state index is -0.131. The maximum Gasteiger partial charge on any atom is 0.223 e. The van der Waals surface area contributed by atoms with Gasteiger partial charge in [-0.1, -0.05) is 12.8 Å². The summed E-state index contributed by atoms with van der Waals surface area (Å²) in [6.07, 6.45) is 3.76. The van der Waals surface area contributed by atoms with E-state index in [9.17, 15) is 9.59 Å². The fourth-order valence-corrected chi connectivity index (χ4v) is 2.13. The molecule has 1 fully saturated rings. The predicted molar refractivity (Wildman–Crippen MR) is 53.6 cm³/mol. The lowest BCUT2D eigenvalue weighted by Crippen LogP contribution is -2.41. The Labute approximate surface area is 84.4 Å². The summed E-state index contributed by atoms with van der Waals surface area (Å²) in [5.41, 5.74) is 0. The monoisotopic (exact) mass is 198 g/mol. The minimum absolute atomic E-state index is 0.00157. The smallest absolute Gasteiger partial charge is 0.223 e. The highest BCUT2D eigenvalue weighted by molar-refractivity contribution is 5.87. The van der Waals surface area contributed by atoms with Crippen LogP contribution in [0.1, 0.15) is 25.7 Å². The maximum atomic E-state index is 11.5. The van der Waals surface area contributed by atoms with Gasteiger partial charge in [-0.3, -0.25) is 9.59 Å². The average molecular weight is 198 g/mol. The molecule has 1 aliphatic rings. The first kappa shape index (κ1) is 11.0. The first-order valence-electron chi connectivity index (χ1n) is 5.14. The zero-order chi connectivity index (χ0) is 10.6. The number of amides is 2. The van der Waals surface area contributed by atoms with E-state index in [0.29, 0.717) is 0 Å². The van der Waals surface area contributed by atoms with Gasteiger partial charge in [0.25, 0.3) is 0 Å². The molecule has 80 valence electrons. The number of hydrogen-bond acceptors (Lipinski definition) is 2. The van der Waals surface area contributed by atoms with E-state index in [4.69, 9.17) is 0 Å². The Bertz CT molecular complexity index is 204. The van der Waals surface area contributed by atoms with Gasteiger partial charge >= 0.3 is 0 Å². The molecule has 2 atom stereocenters. The summed E-state index contributed by atoms with van der Waals surface area (Å²) in [5.74, 6) is -0.265. The fourth-order valence-electron chi connectivity index (χ4n) is 2.13. The summed E-state index contributed by atoms with van der Waals surface area (Å²) in [6, 6.07) is 0. The number of nitrogens with one attached hydrogen (secondary N) is 2. The van der Waals surface area contributed by atoms with Gasteiger partial charge in [-0.05, 0) is 12.8 Å². The highest BCUT2D eigenvalue weighted by atomic mass is 16.2. The zero-order valence-corrected chi connectivity index (χ0v) is 8.80. The van der Waals surface area contributed by atoms with Crippen LogP contribution in [0.4, 0.5) is 0 Å². The van der Waals surface area contributed by atoms with E-state index in [0.717, 1.165) is 25.7 Å². The summed E-state index contributed by atoms with van der Waals surface area (Å²) in [4.78, 5) is 23.0. The maximum absolute atomic E-state index is 11.5. The molecular weight excluding hydrogens is 180 g/mol. The molecule has 1 aliphatic carbocycles. The Morgan fingerprint density at radius 3 is 1.57 bits per heavy atom. The molecule has 0 spiro atoms. The first-order chi connectivity index (χ1) is 6.70. The molecule has 0 saturated heterocycles. The molecule has 2 amide bonds. The summed E-state index contributed by atoms with van der Waals surface area (Å²) < 4.78 is 0. The topological polar surface area (TPSA) is 58.2 Å². The zero-order valence-electron chi connectivity index (χ0n) is 8.80. The van der Waals surface area contributed by atoms with Gasteiger partial charge in [0.05, 0.1) is 0 Å². The van der Waals surface area contributed by atoms with Crippen molar-refractivity contribution < 1.29 is 9.59 Å². The standard InChI is InChI=1S/C10H18N2O2/c1-11-9(13)7-5-3-4-6-8(7)10(14)12-2/h7-8H,3-6H2,1-2H3,(H,11,13)(H,12,14). The van der Waals surface area contributed by atoms with E-state index in [-0.39, 0.29) is 23.7 Å². The molecule has 4 heteroatoms. The number of carbonyl (C=O) groups excluding carboxylic acids is 2. The SMILES string of the molecule is CNC(=O)C1CCCCC1C(=O)NC. The van der Waals surface area contributed by atoms with Crippen molar-refractivity contribution in [3.05, 3.63) is 0 Å². The Kier molecular flexibility index (Phi) is 3.92. The van der Waals surface area contributed by atoms with Gasteiger partial charge in [0, 0.05) is 25.9 Å². The van der Waals surface area contributed by atoms with Gasteiger partial charge in [-0.25, -0.2) is 0 Å². The van der Waals surface area contributed by atoms with Crippen LogP contribution in [0.5, 0.6) is 0 Å². The summed E-state index contributed by atoms with van der Waals surface area (Å²) >= 11 is 0. The molecule has 2 N–H and O–H groups in total. The second-order valence-electron chi connectivity index (χ2n) is 3.73. The number of hydrogen-bond donors (Lipinski definition) is 2. The molecule has 4 nitrogen and oxygen atoms in total. The Morgan fingerprint density at radius 1 is 0.929 bits per heavy atom. The van der Waals surface area contributed by atoms with Crippen molar-refractivity contribution >= 4 is 11.8 Å². The Hall–Kier alpha value is -1.06. The molecule has 0 bridgehead atoms. The van der Waals surface area contributed by atoms with Crippen LogP contribution >= 0.6 is 0 Å². The highest BCUT2D eigenvalue weighted by Gasteiger charge is 2.34. The van der Waals surface area contributed by atoms with Crippen LogP contribution in [0.15, 0.2) is 0 Å². The van der Waals surface area contributed by atoms with Crippen LogP contribution in [0, 0.1) is 11.8 Å². The van der Waals surface area contributed by atoms with E-state index < -0.39 is 0 Å². The van der Waals surface area contributed by atoms with Crippen LogP contribution in [0.25, 0.3) is 0 Å². The van der Waals surface area contributed by atoms with Crippen LogP contribution < -0.4 is 10.6 Å². The lowest BCUT2D eigenvalue weighted by molar-refractivity contribution is -0.136. The van der Waals surface area contributed by atoms with Gasteiger partial charge < -0.3 is 10.6 Å². The molecule has 0 aromatic heterocycles. The molecule has 0 aromatic carbocycles. The molecule has 1 saturated carbocycles. The van der Waals surface area contributed by atoms with E-state index in [2.05, 4.69) is 10.6 Å². The predicted octanol–water partition coefficient (Wildman–Crippen LogP) is 0.285. The summed E-state index contributed by atoms with van der Waals surface area (Å²) in [5, 5.41) is 5.25. The molecule has 0 radical (unpaired) electrons. The number of carbonyl (C=O) groups is 2. The normalized spacial score (nSPS) is 26.7. The summed E-state index contributed by atoms with van der Waals surface area (Å²) in [7, 11) is 3.25. The lowest BCUT2D eigenvalue weighted by Gasteiger charge is -2.28. The Balaban J connectivity index is 2.68. The third-order valence-corrected chi connectivity index (χ3v) is 2.93. The van der Waals surface area contributed by atoms with Crippen molar-refractivity contribution in [2.45, 2.75) is 25.7 Å². The molecule has 0 heterocycles. The van der Waals surface area contributed by atoms with Crippen molar-refractivity contribution in [3.8, 4) is 0 Å². The van der Waals surface area contributed by atoms with Crippen LogP contribution in [-0.4, -0.2) is 25.9 Å². The van der Waals surface area contributed by atoms with Crippen LogP contribution in [0.3, 0.4) is 0 Å². The van der Waals surface area contributed by atoms with Crippen LogP contribution in [-0.2, 0) is 9.59 Å². The van der Waals surface area contributed by atoms with Crippen molar-refractivity contribution in [2.24, 2.45) is 11.8 Å². The second-order valence-corrected chi connectivity index (χ2v) is 3.73. The molecular formula is C10H18N2O2. The molecule has 0 aliphatic heterocycles. The summed E-state index contributed by atoms with van der Waals surface area (Å²) in [6.45, 7) is 0. The van der Waals surface area contributed by atoms with Gasteiger partial charge in [0.2, 0.25) is 11.8 Å². The van der Waals surface area contributed by atoms with Gasteiger partial charge in [0.15, 0.2) is 0 Å². The molecule has 1 rings (SSSR count). The van der Waals surface area contributed by atoms with Crippen LogP contribution in [0.2, 0.25) is 0 Å². The third kappa shape index (κ3) is 2.25. The van der Waals surface area contributed by atoms with E-state index in [1.807, 2.05) is 0 Å². The third-order valence-electron chi connectivity index (χ3n) is 2.93. The van der Waals surface area contributed by atoms with Gasteiger partial charge in [-0.2, -0.15) is 0 Å². The molecule has 14 heavy (non-hydrogen) atoms. The Morgan fingerprint density at radius 2 is 1.29 bits per heavy atom. The highest BCUT2D eigenvalue weighted by Crippen LogP contribution is 2.30.